The van der Waals surface area contributed by atoms with Crippen molar-refractivity contribution >= 4 is 16.8 Å². The van der Waals surface area contributed by atoms with E-state index in [4.69, 9.17) is 14.2 Å². The van der Waals surface area contributed by atoms with Crippen LogP contribution in [0.5, 0.6) is 5.75 Å². The minimum absolute atomic E-state index is 0.0118. The van der Waals surface area contributed by atoms with Crippen LogP contribution < -0.4 is 4.74 Å². The Morgan fingerprint density at radius 3 is 2.73 bits per heavy atom. The second kappa shape index (κ2) is 9.39. The molecule has 10 heteroatoms. The molecule has 1 aliphatic rings. The molecule has 0 aliphatic carbocycles. The van der Waals surface area contributed by atoms with Crippen molar-refractivity contribution in [2.45, 2.75) is 0 Å². The standard InChI is InChI=1S/C23H24N6O4/c1-31-12-13-33-18-6-7-19-20(14-18)24-26-22(19)21-15-29(27-25-21)17-4-2-16(3-5-17)23(30)28-8-10-32-11-9-28/h2-7,14-15H,8-13H2,1H3,(H,24,26). The Bertz CT molecular complexity index is 1240. The van der Waals surface area contributed by atoms with Crippen LogP contribution in [-0.4, -0.2) is 82.6 Å². The first-order chi connectivity index (χ1) is 16.2. The molecule has 2 aromatic carbocycles. The summed E-state index contributed by atoms with van der Waals surface area (Å²) in [7, 11) is 1.64. The molecule has 0 atom stereocenters. The van der Waals surface area contributed by atoms with E-state index < -0.39 is 0 Å². The van der Waals surface area contributed by atoms with Crippen molar-refractivity contribution < 1.29 is 19.0 Å². The third-order valence-electron chi connectivity index (χ3n) is 5.50. The Hall–Kier alpha value is -3.76. The summed E-state index contributed by atoms with van der Waals surface area (Å²) in [5, 5.41) is 16.9. The number of nitrogens with zero attached hydrogens (tertiary/aromatic N) is 5. The maximum Gasteiger partial charge on any atom is 0.254 e. The SMILES string of the molecule is COCCOc1ccc2c(-c3cn(-c4ccc(C(=O)N5CCOCC5)cc4)nn3)n[nH]c2c1. The van der Waals surface area contributed by atoms with E-state index in [0.29, 0.717) is 56.5 Å². The van der Waals surface area contributed by atoms with E-state index in [1.807, 2.05) is 53.6 Å². The van der Waals surface area contributed by atoms with E-state index in [-0.39, 0.29) is 5.91 Å². The van der Waals surface area contributed by atoms with Crippen LogP contribution in [-0.2, 0) is 9.47 Å². The Morgan fingerprint density at radius 1 is 1.12 bits per heavy atom. The van der Waals surface area contributed by atoms with Crippen LogP contribution in [0.2, 0.25) is 0 Å². The highest BCUT2D eigenvalue weighted by atomic mass is 16.5. The van der Waals surface area contributed by atoms with Gasteiger partial charge < -0.3 is 19.1 Å². The fraction of sp³-hybridized carbons (Fsp3) is 0.304. The van der Waals surface area contributed by atoms with Crippen LogP contribution in [0.1, 0.15) is 10.4 Å². The lowest BCUT2D eigenvalue weighted by molar-refractivity contribution is 0.0303. The predicted molar refractivity (Wildman–Crippen MR) is 121 cm³/mol. The van der Waals surface area contributed by atoms with Gasteiger partial charge in [0.2, 0.25) is 0 Å². The Morgan fingerprint density at radius 2 is 1.94 bits per heavy atom. The number of nitrogens with one attached hydrogen (secondary N) is 1. The molecule has 0 spiro atoms. The van der Waals surface area contributed by atoms with Crippen LogP contribution in [0.25, 0.3) is 28.0 Å². The van der Waals surface area contributed by atoms with Gasteiger partial charge in [0.15, 0.2) is 0 Å². The lowest BCUT2D eigenvalue weighted by atomic mass is 10.1. The largest absolute Gasteiger partial charge is 0.491 e. The summed E-state index contributed by atoms with van der Waals surface area (Å²) in [6.45, 7) is 3.40. The van der Waals surface area contributed by atoms with E-state index in [2.05, 4.69) is 20.5 Å². The summed E-state index contributed by atoms with van der Waals surface area (Å²) in [6, 6.07) is 13.1. The number of H-pyrrole nitrogens is 1. The number of morpholine rings is 1. The number of carbonyl (C=O) groups is 1. The van der Waals surface area contributed by atoms with Gasteiger partial charge in [0, 0.05) is 37.2 Å². The molecule has 1 N–H and O–H groups in total. The van der Waals surface area contributed by atoms with Crippen LogP contribution in [0.3, 0.4) is 0 Å². The number of aromatic amines is 1. The minimum Gasteiger partial charge on any atom is -0.491 e. The van der Waals surface area contributed by atoms with Gasteiger partial charge in [-0.25, -0.2) is 4.68 Å². The van der Waals surface area contributed by atoms with Crippen molar-refractivity contribution in [2.75, 3.05) is 46.6 Å². The quantitative estimate of drug-likeness (QED) is 0.432. The monoisotopic (exact) mass is 448 g/mol. The number of amides is 1. The van der Waals surface area contributed by atoms with Crippen molar-refractivity contribution in [1.29, 1.82) is 0 Å². The minimum atomic E-state index is 0.0118. The second-order valence-electron chi connectivity index (χ2n) is 7.62. The molecule has 1 aliphatic heterocycles. The predicted octanol–water partition coefficient (Wildman–Crippen LogP) is 2.31. The number of aromatic nitrogens is 5. The number of carbonyl (C=O) groups excluding carboxylic acids is 1. The smallest absolute Gasteiger partial charge is 0.254 e. The van der Waals surface area contributed by atoms with Crippen molar-refractivity contribution in [1.82, 2.24) is 30.1 Å². The molecule has 33 heavy (non-hydrogen) atoms. The van der Waals surface area contributed by atoms with Gasteiger partial charge in [-0.1, -0.05) is 5.21 Å². The van der Waals surface area contributed by atoms with Gasteiger partial charge >= 0.3 is 0 Å². The summed E-state index contributed by atoms with van der Waals surface area (Å²) in [5.41, 5.74) is 3.64. The molecule has 0 unspecified atom stereocenters. The molecule has 0 radical (unpaired) electrons. The van der Waals surface area contributed by atoms with Gasteiger partial charge in [0.05, 0.1) is 37.2 Å². The zero-order chi connectivity index (χ0) is 22.6. The molecule has 0 saturated carbocycles. The lowest BCUT2D eigenvalue weighted by Gasteiger charge is -2.26. The number of fused-ring (bicyclic) bond motifs is 1. The van der Waals surface area contributed by atoms with Crippen molar-refractivity contribution in [3.05, 3.63) is 54.2 Å². The van der Waals surface area contributed by atoms with Crippen molar-refractivity contribution in [2.24, 2.45) is 0 Å². The normalized spacial score (nSPS) is 14.0. The zero-order valence-corrected chi connectivity index (χ0v) is 18.2. The molecule has 3 heterocycles. The van der Waals surface area contributed by atoms with E-state index >= 15 is 0 Å². The maximum atomic E-state index is 12.6. The Balaban J connectivity index is 1.32. The molecular formula is C23H24N6O4. The summed E-state index contributed by atoms with van der Waals surface area (Å²) in [6.07, 6.45) is 1.82. The molecule has 5 rings (SSSR count). The van der Waals surface area contributed by atoms with Gasteiger partial charge in [-0.3, -0.25) is 9.89 Å². The molecule has 4 aromatic rings. The average Bonchev–Trinajstić information content (AvgIpc) is 3.51. The second-order valence-corrected chi connectivity index (χ2v) is 7.62. The highest BCUT2D eigenvalue weighted by Crippen LogP contribution is 2.28. The number of methoxy groups -OCH3 is 1. The van der Waals surface area contributed by atoms with Gasteiger partial charge in [-0.15, -0.1) is 5.10 Å². The number of rotatable bonds is 7. The number of hydrogen-bond donors (Lipinski definition) is 1. The Kier molecular flexibility index (Phi) is 6.01. The molecule has 0 bridgehead atoms. The van der Waals surface area contributed by atoms with E-state index in [1.54, 1.807) is 11.8 Å². The first kappa shape index (κ1) is 21.1. The molecule has 10 nitrogen and oxygen atoms in total. The molecule has 1 fully saturated rings. The molecular weight excluding hydrogens is 424 g/mol. The summed E-state index contributed by atoms with van der Waals surface area (Å²) in [4.78, 5) is 14.4. The van der Waals surface area contributed by atoms with E-state index in [9.17, 15) is 4.79 Å². The summed E-state index contributed by atoms with van der Waals surface area (Å²) >= 11 is 0. The van der Waals surface area contributed by atoms with Gasteiger partial charge in [-0.05, 0) is 36.4 Å². The zero-order valence-electron chi connectivity index (χ0n) is 18.2. The third-order valence-corrected chi connectivity index (χ3v) is 5.50. The fourth-order valence-corrected chi connectivity index (χ4v) is 3.73. The first-order valence-corrected chi connectivity index (χ1v) is 10.7. The number of hydrogen-bond acceptors (Lipinski definition) is 7. The summed E-state index contributed by atoms with van der Waals surface area (Å²) < 4.78 is 17.7. The van der Waals surface area contributed by atoms with Gasteiger partial charge in [0.1, 0.15) is 23.7 Å². The van der Waals surface area contributed by atoms with Crippen molar-refractivity contribution in [3.63, 3.8) is 0 Å². The molecule has 2 aromatic heterocycles. The van der Waals surface area contributed by atoms with Crippen molar-refractivity contribution in [3.8, 4) is 22.8 Å². The molecule has 170 valence electrons. The van der Waals surface area contributed by atoms with Crippen LogP contribution >= 0.6 is 0 Å². The van der Waals surface area contributed by atoms with Crippen LogP contribution in [0.4, 0.5) is 0 Å². The van der Waals surface area contributed by atoms with Crippen LogP contribution in [0.15, 0.2) is 48.7 Å². The van der Waals surface area contributed by atoms with Gasteiger partial charge in [-0.2, -0.15) is 5.10 Å². The van der Waals surface area contributed by atoms with Crippen LogP contribution in [0, 0.1) is 0 Å². The fourth-order valence-electron chi connectivity index (χ4n) is 3.73. The number of benzene rings is 2. The third kappa shape index (κ3) is 4.43. The summed E-state index contributed by atoms with van der Waals surface area (Å²) in [5.74, 6) is 0.753. The molecule has 1 saturated heterocycles. The topological polar surface area (TPSA) is 107 Å². The lowest BCUT2D eigenvalue weighted by Crippen LogP contribution is -2.40. The highest BCUT2D eigenvalue weighted by molar-refractivity contribution is 5.94. The number of ether oxygens (including phenoxy) is 3. The average molecular weight is 448 g/mol. The Labute approximate surface area is 190 Å². The molecule has 1 amide bonds. The first-order valence-electron chi connectivity index (χ1n) is 10.7. The van der Waals surface area contributed by atoms with Gasteiger partial charge in [0.25, 0.3) is 5.91 Å². The van der Waals surface area contributed by atoms with E-state index in [1.165, 1.54) is 0 Å². The maximum absolute atomic E-state index is 12.6. The van der Waals surface area contributed by atoms with E-state index in [0.717, 1.165) is 22.3 Å². The highest BCUT2D eigenvalue weighted by Gasteiger charge is 2.19.